The highest BCUT2D eigenvalue weighted by molar-refractivity contribution is 6.31. The molecule has 1 fully saturated rings. The molecule has 144 valence electrons. The molecule has 4 rings (SSSR count). The minimum absolute atomic E-state index is 0.0192. The summed E-state index contributed by atoms with van der Waals surface area (Å²) in [5, 5.41) is 4.37. The third kappa shape index (κ3) is 4.04. The van der Waals surface area contributed by atoms with Gasteiger partial charge in [0.25, 0.3) is 5.89 Å². The molecule has 1 aromatic carbocycles. The van der Waals surface area contributed by atoms with E-state index >= 15 is 0 Å². The fourth-order valence-electron chi connectivity index (χ4n) is 3.32. The van der Waals surface area contributed by atoms with Crippen molar-refractivity contribution in [3.63, 3.8) is 0 Å². The number of piperidine rings is 1. The van der Waals surface area contributed by atoms with Crippen LogP contribution in [0.25, 0.3) is 11.6 Å². The highest BCUT2D eigenvalue weighted by Crippen LogP contribution is 2.28. The van der Waals surface area contributed by atoms with Crippen LogP contribution >= 0.6 is 11.6 Å². The fourth-order valence-corrected chi connectivity index (χ4v) is 3.55. The van der Waals surface area contributed by atoms with Crippen molar-refractivity contribution >= 4 is 17.5 Å². The number of halogens is 2. The third-order valence-corrected chi connectivity index (χ3v) is 5.25. The van der Waals surface area contributed by atoms with Crippen LogP contribution in [0.4, 0.5) is 4.39 Å². The lowest BCUT2D eigenvalue weighted by molar-refractivity contribution is -0.131. The number of hydrogen-bond donors (Lipinski definition) is 0. The zero-order valence-corrected chi connectivity index (χ0v) is 15.8. The number of likely N-dealkylation sites (tertiary alicyclic amines) is 1. The van der Waals surface area contributed by atoms with Crippen LogP contribution in [-0.4, -0.2) is 39.0 Å². The first-order chi connectivity index (χ1) is 13.6. The van der Waals surface area contributed by atoms with Crippen molar-refractivity contribution in [2.24, 2.45) is 0 Å². The minimum atomic E-state index is -0.410. The standard InChI is InChI=1S/C20H18ClFN4O2/c21-16-12-15(22)5-4-14(16)11-18(27)26-9-6-13(7-10-26)19-24-20(28-25-19)17-3-1-2-8-23-17/h1-5,8,12-13H,6-7,9-11H2. The maximum absolute atomic E-state index is 13.2. The summed E-state index contributed by atoms with van der Waals surface area (Å²) in [6.45, 7) is 1.21. The van der Waals surface area contributed by atoms with E-state index < -0.39 is 5.82 Å². The second-order valence-electron chi connectivity index (χ2n) is 6.74. The Hall–Kier alpha value is -2.80. The second-order valence-corrected chi connectivity index (χ2v) is 7.15. The van der Waals surface area contributed by atoms with Gasteiger partial charge in [-0.3, -0.25) is 9.78 Å². The molecule has 6 nitrogen and oxygen atoms in total. The molecule has 0 N–H and O–H groups in total. The monoisotopic (exact) mass is 400 g/mol. The van der Waals surface area contributed by atoms with E-state index in [0.29, 0.717) is 36.1 Å². The van der Waals surface area contributed by atoms with Gasteiger partial charge in [0.1, 0.15) is 11.5 Å². The number of aromatic nitrogens is 3. The summed E-state index contributed by atoms with van der Waals surface area (Å²) in [5.74, 6) is 0.760. The van der Waals surface area contributed by atoms with Crippen LogP contribution in [0.5, 0.6) is 0 Å². The molecule has 0 bridgehead atoms. The largest absolute Gasteiger partial charge is 0.342 e. The van der Waals surface area contributed by atoms with Crippen LogP contribution in [0, 0.1) is 5.82 Å². The Bertz CT molecular complexity index is 971. The van der Waals surface area contributed by atoms with Crippen molar-refractivity contribution in [3.05, 3.63) is 64.8 Å². The van der Waals surface area contributed by atoms with E-state index in [2.05, 4.69) is 15.1 Å². The van der Waals surface area contributed by atoms with Crippen LogP contribution in [0.15, 0.2) is 47.1 Å². The van der Waals surface area contributed by atoms with Gasteiger partial charge in [0.05, 0.1) is 6.42 Å². The van der Waals surface area contributed by atoms with Gasteiger partial charge in [-0.15, -0.1) is 0 Å². The van der Waals surface area contributed by atoms with Gasteiger partial charge < -0.3 is 9.42 Å². The maximum Gasteiger partial charge on any atom is 0.276 e. The van der Waals surface area contributed by atoms with Gasteiger partial charge in [-0.05, 0) is 42.7 Å². The quantitative estimate of drug-likeness (QED) is 0.664. The normalized spacial score (nSPS) is 15.0. The number of pyridine rings is 1. The molecule has 2 aromatic heterocycles. The smallest absolute Gasteiger partial charge is 0.276 e. The number of nitrogens with zero attached hydrogens (tertiary/aromatic N) is 4. The molecular weight excluding hydrogens is 383 g/mol. The van der Waals surface area contributed by atoms with E-state index in [1.54, 1.807) is 17.2 Å². The Labute approximate surface area is 166 Å². The molecule has 0 aliphatic carbocycles. The van der Waals surface area contributed by atoms with Crippen LogP contribution in [0.2, 0.25) is 5.02 Å². The molecule has 8 heteroatoms. The number of benzene rings is 1. The van der Waals surface area contributed by atoms with Crippen LogP contribution in [0.1, 0.15) is 30.1 Å². The third-order valence-electron chi connectivity index (χ3n) is 4.90. The van der Waals surface area contributed by atoms with E-state index in [0.717, 1.165) is 12.8 Å². The van der Waals surface area contributed by atoms with Crippen molar-refractivity contribution in [2.75, 3.05) is 13.1 Å². The first-order valence-electron chi connectivity index (χ1n) is 9.07. The molecule has 3 heterocycles. The summed E-state index contributed by atoms with van der Waals surface area (Å²) in [7, 11) is 0. The number of amides is 1. The molecule has 1 aliphatic rings. The molecular formula is C20H18ClFN4O2. The number of hydrogen-bond acceptors (Lipinski definition) is 5. The lowest BCUT2D eigenvalue weighted by Gasteiger charge is -2.30. The number of carbonyl (C=O) groups is 1. The van der Waals surface area contributed by atoms with E-state index in [4.69, 9.17) is 16.1 Å². The van der Waals surface area contributed by atoms with Gasteiger partial charge >= 0.3 is 0 Å². The second kappa shape index (κ2) is 8.06. The zero-order valence-electron chi connectivity index (χ0n) is 15.0. The Kier molecular flexibility index (Phi) is 5.34. The van der Waals surface area contributed by atoms with Gasteiger partial charge in [-0.25, -0.2) is 4.39 Å². The topological polar surface area (TPSA) is 72.1 Å². The summed E-state index contributed by atoms with van der Waals surface area (Å²) in [6.07, 6.45) is 3.35. The Balaban J connectivity index is 1.35. The Morgan fingerprint density at radius 1 is 1.25 bits per heavy atom. The van der Waals surface area contributed by atoms with Crippen LogP contribution < -0.4 is 0 Å². The molecule has 0 unspecified atom stereocenters. The Morgan fingerprint density at radius 3 is 2.79 bits per heavy atom. The van der Waals surface area contributed by atoms with Gasteiger partial charge in [0.2, 0.25) is 5.91 Å². The average molecular weight is 401 g/mol. The molecule has 3 aromatic rings. The Morgan fingerprint density at radius 2 is 2.07 bits per heavy atom. The minimum Gasteiger partial charge on any atom is -0.342 e. The molecule has 1 saturated heterocycles. The molecule has 1 amide bonds. The predicted molar refractivity (Wildman–Crippen MR) is 101 cm³/mol. The van der Waals surface area contributed by atoms with Gasteiger partial charge in [-0.1, -0.05) is 28.9 Å². The van der Waals surface area contributed by atoms with Crippen molar-refractivity contribution in [1.82, 2.24) is 20.0 Å². The lowest BCUT2D eigenvalue weighted by atomic mass is 9.95. The molecule has 28 heavy (non-hydrogen) atoms. The molecule has 1 aliphatic heterocycles. The van der Waals surface area contributed by atoms with Crippen molar-refractivity contribution < 1.29 is 13.7 Å². The first kappa shape index (κ1) is 18.6. The first-order valence-corrected chi connectivity index (χ1v) is 9.44. The van der Waals surface area contributed by atoms with Gasteiger partial charge in [0, 0.05) is 30.2 Å². The van der Waals surface area contributed by atoms with E-state index in [-0.39, 0.29) is 23.3 Å². The van der Waals surface area contributed by atoms with Gasteiger partial charge in [-0.2, -0.15) is 4.98 Å². The summed E-state index contributed by atoms with van der Waals surface area (Å²) >= 11 is 6.03. The SMILES string of the molecule is O=C(Cc1ccc(F)cc1Cl)N1CCC(c2noc(-c3ccccn3)n2)CC1. The average Bonchev–Trinajstić information content (AvgIpc) is 3.21. The lowest BCUT2D eigenvalue weighted by Crippen LogP contribution is -2.39. The number of rotatable bonds is 4. The predicted octanol–water partition coefficient (Wildman–Crippen LogP) is 3.87. The van der Waals surface area contributed by atoms with Crippen LogP contribution in [0.3, 0.4) is 0 Å². The summed E-state index contributed by atoms with van der Waals surface area (Å²) < 4.78 is 18.5. The maximum atomic E-state index is 13.2. The summed E-state index contributed by atoms with van der Waals surface area (Å²) in [6, 6.07) is 9.61. The van der Waals surface area contributed by atoms with Crippen molar-refractivity contribution in [3.8, 4) is 11.6 Å². The van der Waals surface area contributed by atoms with Crippen molar-refractivity contribution in [1.29, 1.82) is 0 Å². The van der Waals surface area contributed by atoms with Gasteiger partial charge in [0.15, 0.2) is 5.82 Å². The zero-order chi connectivity index (χ0) is 19.5. The molecule has 0 radical (unpaired) electrons. The van der Waals surface area contributed by atoms with Crippen LogP contribution in [-0.2, 0) is 11.2 Å². The van der Waals surface area contributed by atoms with E-state index in [1.807, 2.05) is 18.2 Å². The highest BCUT2D eigenvalue weighted by atomic mass is 35.5. The summed E-state index contributed by atoms with van der Waals surface area (Å²) in [4.78, 5) is 23.0. The summed E-state index contributed by atoms with van der Waals surface area (Å²) in [5.41, 5.74) is 1.28. The molecule has 0 spiro atoms. The van der Waals surface area contributed by atoms with Crippen molar-refractivity contribution in [2.45, 2.75) is 25.2 Å². The van der Waals surface area contributed by atoms with E-state index in [1.165, 1.54) is 12.1 Å². The van der Waals surface area contributed by atoms with E-state index in [9.17, 15) is 9.18 Å². The fraction of sp³-hybridized carbons (Fsp3) is 0.300. The highest BCUT2D eigenvalue weighted by Gasteiger charge is 2.27. The molecule has 0 atom stereocenters. The molecule has 0 saturated carbocycles. The number of carbonyl (C=O) groups excluding carboxylic acids is 1.